The summed E-state index contributed by atoms with van der Waals surface area (Å²) in [5.74, 6) is 1.18. The number of fused-ring (bicyclic) bond motifs is 1. The van der Waals surface area contributed by atoms with Crippen LogP contribution in [-0.2, 0) is 13.1 Å². The molecule has 1 aromatic heterocycles. The Balaban J connectivity index is 1.11. The molecular weight excluding hydrogens is 519 g/mol. The first-order chi connectivity index (χ1) is 20.1. The van der Waals surface area contributed by atoms with Crippen molar-refractivity contribution in [2.45, 2.75) is 25.9 Å². The minimum Gasteiger partial charge on any atom is -0.495 e. The zero-order chi connectivity index (χ0) is 28.4. The number of halogens is 1. The highest BCUT2D eigenvalue weighted by molar-refractivity contribution is 6.08. The maximum Gasteiger partial charge on any atom is 0.253 e. The van der Waals surface area contributed by atoms with Gasteiger partial charge in [-0.1, -0.05) is 42.5 Å². The van der Waals surface area contributed by atoms with E-state index in [4.69, 9.17) is 9.47 Å². The lowest BCUT2D eigenvalue weighted by Gasteiger charge is -2.34. The van der Waals surface area contributed by atoms with Crippen molar-refractivity contribution in [2.24, 2.45) is 0 Å². The van der Waals surface area contributed by atoms with E-state index in [1.807, 2.05) is 54.7 Å². The van der Waals surface area contributed by atoms with Gasteiger partial charge in [0.25, 0.3) is 5.91 Å². The summed E-state index contributed by atoms with van der Waals surface area (Å²) in [5, 5.41) is 3.80. The zero-order valence-electron chi connectivity index (χ0n) is 23.7. The monoisotopic (exact) mass is 558 g/mol. The van der Waals surface area contributed by atoms with Crippen molar-refractivity contribution in [2.75, 3.05) is 53.0 Å². The van der Waals surface area contributed by atoms with Gasteiger partial charge in [-0.3, -0.25) is 4.79 Å². The Morgan fingerprint density at radius 3 is 2.34 bits per heavy atom. The van der Waals surface area contributed by atoms with Gasteiger partial charge in [-0.25, -0.2) is 4.39 Å². The van der Waals surface area contributed by atoms with Crippen LogP contribution in [0.2, 0.25) is 0 Å². The molecule has 4 aromatic rings. The van der Waals surface area contributed by atoms with Gasteiger partial charge in [-0.2, -0.15) is 0 Å². The van der Waals surface area contributed by atoms with E-state index >= 15 is 0 Å². The van der Waals surface area contributed by atoms with E-state index in [0.717, 1.165) is 93.2 Å². The van der Waals surface area contributed by atoms with Crippen LogP contribution in [0, 0.1) is 5.82 Å². The molecule has 2 heterocycles. The number of benzene rings is 3. The van der Waals surface area contributed by atoms with Crippen molar-refractivity contribution in [1.29, 1.82) is 0 Å². The Morgan fingerprint density at radius 1 is 0.878 bits per heavy atom. The summed E-state index contributed by atoms with van der Waals surface area (Å²) in [5.41, 5.74) is 2.24. The van der Waals surface area contributed by atoms with Crippen molar-refractivity contribution in [3.05, 3.63) is 95.9 Å². The summed E-state index contributed by atoms with van der Waals surface area (Å²) in [4.78, 5) is 18.2. The van der Waals surface area contributed by atoms with Crippen LogP contribution in [0.15, 0.2) is 79.0 Å². The molecule has 0 spiro atoms. The number of rotatable bonds is 13. The van der Waals surface area contributed by atoms with Gasteiger partial charge >= 0.3 is 0 Å². The lowest BCUT2D eigenvalue weighted by molar-refractivity contribution is 0.0952. The molecule has 0 saturated carbocycles. The molecule has 216 valence electrons. The quantitative estimate of drug-likeness (QED) is 0.229. The van der Waals surface area contributed by atoms with Crippen LogP contribution in [0.4, 0.5) is 4.39 Å². The Kier molecular flexibility index (Phi) is 9.88. The van der Waals surface area contributed by atoms with E-state index in [-0.39, 0.29) is 18.3 Å². The van der Waals surface area contributed by atoms with Gasteiger partial charge < -0.3 is 29.2 Å². The van der Waals surface area contributed by atoms with Gasteiger partial charge in [0.05, 0.1) is 24.8 Å². The first-order valence-corrected chi connectivity index (χ1v) is 14.4. The molecule has 1 amide bonds. The van der Waals surface area contributed by atoms with Gasteiger partial charge in [0.1, 0.15) is 17.3 Å². The molecule has 1 aliphatic rings. The average Bonchev–Trinajstić information content (AvgIpc) is 3.38. The smallest absolute Gasteiger partial charge is 0.253 e. The molecule has 41 heavy (non-hydrogen) atoms. The molecule has 0 aliphatic carbocycles. The predicted octanol–water partition coefficient (Wildman–Crippen LogP) is 5.20. The third-order valence-corrected chi connectivity index (χ3v) is 7.64. The van der Waals surface area contributed by atoms with Crippen LogP contribution >= 0.6 is 0 Å². The van der Waals surface area contributed by atoms with Crippen LogP contribution in [0.3, 0.4) is 0 Å². The zero-order valence-corrected chi connectivity index (χ0v) is 23.7. The highest BCUT2D eigenvalue weighted by Crippen LogP contribution is 2.30. The number of hydrogen-bond acceptors (Lipinski definition) is 5. The van der Waals surface area contributed by atoms with Crippen molar-refractivity contribution in [3.8, 4) is 11.5 Å². The summed E-state index contributed by atoms with van der Waals surface area (Å²) < 4.78 is 27.2. The average molecular weight is 559 g/mol. The number of amides is 1. The fourth-order valence-electron chi connectivity index (χ4n) is 5.47. The van der Waals surface area contributed by atoms with E-state index in [9.17, 15) is 9.18 Å². The standard InChI is InChI=1S/C33H39FN4O3/c1-40-31-14-6-13-29-30(33(39)35-24-26-9-5-10-27(34)23-26)25-38(32(29)31)17-7-15-36-18-20-37(21-19-36)16-8-22-41-28-11-3-2-4-12-28/h2-6,9-14,23,25H,7-8,15-22,24H2,1H3,(H,35,39). The molecule has 0 atom stereocenters. The van der Waals surface area contributed by atoms with Gasteiger partial charge in [0.2, 0.25) is 0 Å². The SMILES string of the molecule is COc1cccc2c(C(=O)NCc3cccc(F)c3)cn(CCCN3CCN(CCCOc4ccccc4)CC3)c12. The van der Waals surface area contributed by atoms with Gasteiger partial charge in [0.15, 0.2) is 0 Å². The van der Waals surface area contributed by atoms with E-state index in [1.54, 1.807) is 19.2 Å². The first kappa shape index (κ1) is 28.6. The maximum atomic E-state index is 13.6. The topological polar surface area (TPSA) is 59.0 Å². The lowest BCUT2D eigenvalue weighted by Crippen LogP contribution is -2.47. The third kappa shape index (κ3) is 7.65. The Bertz CT molecular complexity index is 1420. The normalized spacial score (nSPS) is 14.3. The minimum atomic E-state index is -0.312. The summed E-state index contributed by atoms with van der Waals surface area (Å²) in [7, 11) is 1.66. The molecule has 1 N–H and O–H groups in total. The lowest BCUT2D eigenvalue weighted by atomic mass is 10.1. The maximum absolute atomic E-state index is 13.6. The number of carbonyl (C=O) groups is 1. The number of nitrogens with zero attached hydrogens (tertiary/aromatic N) is 3. The molecule has 0 bridgehead atoms. The molecular formula is C33H39FN4O3. The predicted molar refractivity (Wildman–Crippen MR) is 160 cm³/mol. The molecule has 0 radical (unpaired) electrons. The van der Waals surface area contributed by atoms with Gasteiger partial charge in [-0.15, -0.1) is 0 Å². The van der Waals surface area contributed by atoms with Crippen LogP contribution in [-0.4, -0.2) is 73.3 Å². The molecule has 5 rings (SSSR count). The second kappa shape index (κ2) is 14.1. The van der Waals surface area contributed by atoms with E-state index < -0.39 is 0 Å². The Hall–Kier alpha value is -3.88. The number of ether oxygens (including phenoxy) is 2. The minimum absolute atomic E-state index is 0.184. The van der Waals surface area contributed by atoms with E-state index in [2.05, 4.69) is 19.7 Å². The Labute approximate surface area is 241 Å². The van der Waals surface area contributed by atoms with Crippen LogP contribution in [0.1, 0.15) is 28.8 Å². The molecule has 1 aliphatic heterocycles. The van der Waals surface area contributed by atoms with E-state index in [0.29, 0.717) is 5.56 Å². The summed E-state index contributed by atoms with van der Waals surface area (Å²) in [6, 6.07) is 22.1. The number of para-hydroxylation sites is 2. The van der Waals surface area contributed by atoms with Crippen molar-refractivity contribution in [1.82, 2.24) is 19.7 Å². The number of piperazine rings is 1. The van der Waals surface area contributed by atoms with Crippen molar-refractivity contribution >= 4 is 16.8 Å². The molecule has 8 heteroatoms. The molecule has 7 nitrogen and oxygen atoms in total. The summed E-state index contributed by atoms with van der Waals surface area (Å²) in [6.07, 6.45) is 3.91. The number of aryl methyl sites for hydroxylation is 1. The second-order valence-corrected chi connectivity index (χ2v) is 10.5. The van der Waals surface area contributed by atoms with Gasteiger partial charge in [-0.05, 0) is 55.3 Å². The fraction of sp³-hybridized carbons (Fsp3) is 0.364. The molecule has 1 fully saturated rings. The highest BCUT2D eigenvalue weighted by Gasteiger charge is 2.19. The third-order valence-electron chi connectivity index (χ3n) is 7.64. The molecule has 1 saturated heterocycles. The number of nitrogens with one attached hydrogen (secondary N) is 1. The number of aromatic nitrogens is 1. The van der Waals surface area contributed by atoms with Crippen molar-refractivity contribution in [3.63, 3.8) is 0 Å². The number of carbonyl (C=O) groups excluding carboxylic acids is 1. The summed E-state index contributed by atoms with van der Waals surface area (Å²) in [6.45, 7) is 8.10. The number of methoxy groups -OCH3 is 1. The highest BCUT2D eigenvalue weighted by atomic mass is 19.1. The largest absolute Gasteiger partial charge is 0.495 e. The van der Waals surface area contributed by atoms with Crippen LogP contribution in [0.5, 0.6) is 11.5 Å². The fourth-order valence-corrected chi connectivity index (χ4v) is 5.47. The first-order valence-electron chi connectivity index (χ1n) is 14.4. The van der Waals surface area contributed by atoms with Crippen LogP contribution in [0.25, 0.3) is 10.9 Å². The van der Waals surface area contributed by atoms with Gasteiger partial charge in [0, 0.05) is 57.4 Å². The molecule has 3 aromatic carbocycles. The van der Waals surface area contributed by atoms with E-state index in [1.165, 1.54) is 12.1 Å². The second-order valence-electron chi connectivity index (χ2n) is 10.5. The van der Waals surface area contributed by atoms with Crippen molar-refractivity contribution < 1.29 is 18.7 Å². The van der Waals surface area contributed by atoms with Crippen LogP contribution < -0.4 is 14.8 Å². The molecule has 0 unspecified atom stereocenters. The summed E-state index contributed by atoms with van der Waals surface area (Å²) >= 11 is 0. The Morgan fingerprint density at radius 2 is 1.61 bits per heavy atom. The number of hydrogen-bond donors (Lipinski definition) is 1.